The number of anilines is 1. The number of amides is 1. The summed E-state index contributed by atoms with van der Waals surface area (Å²) in [5, 5.41) is 0. The van der Waals surface area contributed by atoms with E-state index in [-0.39, 0.29) is 15.5 Å². The van der Waals surface area contributed by atoms with Crippen LogP contribution < -0.4 is 10.5 Å². The third-order valence-electron chi connectivity index (χ3n) is 2.89. The van der Waals surface area contributed by atoms with Crippen LogP contribution in [0.5, 0.6) is 0 Å². The van der Waals surface area contributed by atoms with E-state index in [0.29, 0.717) is 4.34 Å². The van der Waals surface area contributed by atoms with Gasteiger partial charge in [0.25, 0.3) is 15.9 Å². The van der Waals surface area contributed by atoms with Gasteiger partial charge >= 0.3 is 5.97 Å². The van der Waals surface area contributed by atoms with Crippen LogP contribution in [0.25, 0.3) is 0 Å². The first-order valence-corrected chi connectivity index (χ1v) is 9.26. The smallest absolute Gasteiger partial charge is 0.341 e. The summed E-state index contributed by atoms with van der Waals surface area (Å²) in [6.45, 7) is 1.32. The molecule has 0 fully saturated rings. The Morgan fingerprint density at radius 2 is 1.92 bits per heavy atom. The van der Waals surface area contributed by atoms with Gasteiger partial charge in [0.1, 0.15) is 4.21 Å². The molecule has 128 valence electrons. The number of benzene rings is 1. The van der Waals surface area contributed by atoms with E-state index in [4.69, 9.17) is 22.1 Å². The summed E-state index contributed by atoms with van der Waals surface area (Å²) in [7, 11) is -3.91. The minimum Gasteiger partial charge on any atom is -0.449 e. The Morgan fingerprint density at radius 3 is 2.50 bits per heavy atom. The average molecular weight is 389 g/mol. The van der Waals surface area contributed by atoms with Gasteiger partial charge in [0.15, 0.2) is 6.10 Å². The van der Waals surface area contributed by atoms with Crippen LogP contribution in [0.2, 0.25) is 4.34 Å². The highest BCUT2D eigenvalue weighted by atomic mass is 35.5. The molecule has 0 aliphatic carbocycles. The predicted molar refractivity (Wildman–Crippen MR) is 90.7 cm³/mol. The van der Waals surface area contributed by atoms with Crippen molar-refractivity contribution in [3.05, 3.63) is 46.3 Å². The van der Waals surface area contributed by atoms with Crippen LogP contribution in [0, 0.1) is 0 Å². The number of carbonyl (C=O) groups excluding carboxylic acids is 2. The van der Waals surface area contributed by atoms with Crippen molar-refractivity contribution in [2.75, 3.05) is 4.72 Å². The van der Waals surface area contributed by atoms with Gasteiger partial charge in [-0.2, -0.15) is 0 Å². The largest absolute Gasteiger partial charge is 0.449 e. The van der Waals surface area contributed by atoms with E-state index >= 15 is 0 Å². The number of sulfonamides is 1. The van der Waals surface area contributed by atoms with Crippen molar-refractivity contribution in [1.29, 1.82) is 0 Å². The topological polar surface area (TPSA) is 116 Å². The van der Waals surface area contributed by atoms with Crippen molar-refractivity contribution in [3.63, 3.8) is 0 Å². The van der Waals surface area contributed by atoms with Crippen LogP contribution in [0.1, 0.15) is 17.3 Å². The summed E-state index contributed by atoms with van der Waals surface area (Å²) in [4.78, 5) is 23.1. The highest BCUT2D eigenvalue weighted by Gasteiger charge is 2.22. The molecule has 3 N–H and O–H groups in total. The fourth-order valence-electron chi connectivity index (χ4n) is 1.67. The number of carbonyl (C=O) groups is 2. The number of para-hydroxylation sites is 1. The SMILES string of the molecule is C[C@@H](OC(=O)c1ccccc1NS(=O)(=O)c1ccc(Cl)s1)C(N)=O. The highest BCUT2D eigenvalue weighted by molar-refractivity contribution is 7.94. The molecule has 10 heteroatoms. The molecule has 0 aliphatic heterocycles. The summed E-state index contributed by atoms with van der Waals surface area (Å²) in [5.74, 6) is -1.68. The third kappa shape index (κ3) is 4.25. The molecule has 7 nitrogen and oxygen atoms in total. The van der Waals surface area contributed by atoms with E-state index in [1.54, 1.807) is 6.07 Å². The molecule has 2 aromatic rings. The Balaban J connectivity index is 2.29. The Kier molecular flexibility index (Phi) is 5.47. The molecule has 1 aromatic heterocycles. The molecule has 1 atom stereocenters. The van der Waals surface area contributed by atoms with Crippen molar-refractivity contribution in [2.24, 2.45) is 5.73 Å². The summed E-state index contributed by atoms with van der Waals surface area (Å²) in [6, 6.07) is 8.66. The fourth-order valence-corrected chi connectivity index (χ4v) is 4.23. The Bertz CT molecular complexity index is 879. The van der Waals surface area contributed by atoms with Crippen LogP contribution in [0.15, 0.2) is 40.6 Å². The lowest BCUT2D eigenvalue weighted by atomic mass is 10.2. The van der Waals surface area contributed by atoms with E-state index in [1.165, 1.54) is 37.3 Å². The molecule has 1 heterocycles. The summed E-state index contributed by atoms with van der Waals surface area (Å²) >= 11 is 6.63. The zero-order valence-electron chi connectivity index (χ0n) is 12.4. The first kappa shape index (κ1) is 18.2. The van der Waals surface area contributed by atoms with E-state index in [9.17, 15) is 18.0 Å². The lowest BCUT2D eigenvalue weighted by Gasteiger charge is -2.13. The standard InChI is InChI=1S/C14H13ClN2O5S2/c1-8(13(16)18)22-14(19)9-4-2-3-5-10(9)17-24(20,21)12-7-6-11(15)23-12/h2-8,17H,1H3,(H2,16,18)/t8-/m1/s1. The Morgan fingerprint density at radius 1 is 1.25 bits per heavy atom. The van der Waals surface area contributed by atoms with Gasteiger partial charge in [-0.05, 0) is 31.2 Å². The van der Waals surface area contributed by atoms with Gasteiger partial charge in [-0.25, -0.2) is 13.2 Å². The number of hydrogen-bond donors (Lipinski definition) is 2. The number of rotatable bonds is 6. The van der Waals surface area contributed by atoms with Crippen molar-refractivity contribution in [2.45, 2.75) is 17.2 Å². The van der Waals surface area contributed by atoms with E-state index in [0.717, 1.165) is 11.3 Å². The number of primary amides is 1. The van der Waals surface area contributed by atoms with Crippen LogP contribution in [-0.4, -0.2) is 26.4 Å². The van der Waals surface area contributed by atoms with Gasteiger partial charge in [-0.15, -0.1) is 11.3 Å². The first-order chi connectivity index (χ1) is 11.2. The number of hydrogen-bond acceptors (Lipinski definition) is 6. The number of thiophene rings is 1. The van der Waals surface area contributed by atoms with Crippen molar-refractivity contribution in [1.82, 2.24) is 0 Å². The van der Waals surface area contributed by atoms with Crippen LogP contribution in [0.4, 0.5) is 5.69 Å². The molecule has 0 radical (unpaired) electrons. The number of nitrogens with one attached hydrogen (secondary N) is 1. The number of esters is 1. The zero-order chi connectivity index (χ0) is 17.9. The van der Waals surface area contributed by atoms with Crippen molar-refractivity contribution < 1.29 is 22.7 Å². The second-order valence-electron chi connectivity index (χ2n) is 4.66. The molecular formula is C14H13ClN2O5S2. The maximum absolute atomic E-state index is 12.3. The lowest BCUT2D eigenvalue weighted by molar-refractivity contribution is -0.125. The molecule has 24 heavy (non-hydrogen) atoms. The maximum atomic E-state index is 12.3. The molecule has 1 amide bonds. The number of ether oxygens (including phenoxy) is 1. The number of halogens is 1. The summed E-state index contributed by atoms with van der Waals surface area (Å²) < 4.78 is 32.2. The molecular weight excluding hydrogens is 376 g/mol. The zero-order valence-corrected chi connectivity index (χ0v) is 14.7. The Hall–Kier alpha value is -2.10. The molecule has 0 spiro atoms. The van der Waals surface area contributed by atoms with Gasteiger partial charge in [-0.1, -0.05) is 23.7 Å². The van der Waals surface area contributed by atoms with E-state index in [2.05, 4.69) is 4.72 Å². The van der Waals surface area contributed by atoms with E-state index in [1.807, 2.05) is 0 Å². The molecule has 1 aromatic carbocycles. The van der Waals surface area contributed by atoms with Crippen molar-refractivity contribution in [3.8, 4) is 0 Å². The monoisotopic (exact) mass is 388 g/mol. The first-order valence-electron chi connectivity index (χ1n) is 6.58. The third-order valence-corrected chi connectivity index (χ3v) is 5.98. The molecule has 0 saturated heterocycles. The van der Waals surface area contributed by atoms with Gasteiger partial charge in [0.05, 0.1) is 15.6 Å². The normalized spacial score (nSPS) is 12.4. The van der Waals surface area contributed by atoms with Crippen LogP contribution >= 0.6 is 22.9 Å². The molecule has 0 saturated carbocycles. The summed E-state index contributed by atoms with van der Waals surface area (Å²) in [6.07, 6.45) is -1.14. The summed E-state index contributed by atoms with van der Waals surface area (Å²) in [5.41, 5.74) is 5.01. The molecule has 0 aliphatic rings. The minimum atomic E-state index is -3.91. The highest BCUT2D eigenvalue weighted by Crippen LogP contribution is 2.28. The van der Waals surface area contributed by atoms with E-state index < -0.39 is 28.0 Å². The fraction of sp³-hybridized carbons (Fsp3) is 0.143. The molecule has 0 bridgehead atoms. The van der Waals surface area contributed by atoms with Crippen molar-refractivity contribution >= 4 is 50.5 Å². The second kappa shape index (κ2) is 7.20. The average Bonchev–Trinajstić information content (AvgIpc) is 2.94. The lowest BCUT2D eigenvalue weighted by Crippen LogP contribution is -2.30. The second-order valence-corrected chi connectivity index (χ2v) is 8.28. The predicted octanol–water partition coefficient (Wildman–Crippen LogP) is 2.23. The minimum absolute atomic E-state index is 0.00109. The van der Waals surface area contributed by atoms with Gasteiger partial charge in [0, 0.05) is 0 Å². The molecule has 0 unspecified atom stereocenters. The number of nitrogens with two attached hydrogens (primary N) is 1. The van der Waals surface area contributed by atoms with Gasteiger partial charge < -0.3 is 10.5 Å². The maximum Gasteiger partial charge on any atom is 0.341 e. The Labute approximate surface area is 147 Å². The quantitative estimate of drug-likeness (QED) is 0.736. The van der Waals surface area contributed by atoms with Gasteiger partial charge in [0.2, 0.25) is 0 Å². The van der Waals surface area contributed by atoms with Crippen LogP contribution in [-0.2, 0) is 19.6 Å². The molecule has 2 rings (SSSR count). The van der Waals surface area contributed by atoms with Crippen LogP contribution in [0.3, 0.4) is 0 Å². The van der Waals surface area contributed by atoms with Gasteiger partial charge in [-0.3, -0.25) is 9.52 Å².